The summed E-state index contributed by atoms with van der Waals surface area (Å²) >= 11 is 1.41. The normalized spacial score (nSPS) is 11.0. The van der Waals surface area contributed by atoms with Crippen LogP contribution in [0.4, 0.5) is 0 Å². The third kappa shape index (κ3) is 3.51. The van der Waals surface area contributed by atoms with Gasteiger partial charge in [-0.2, -0.15) is 0 Å². The molecule has 0 fully saturated rings. The molecule has 1 aromatic heterocycles. The first kappa shape index (κ1) is 17.0. The van der Waals surface area contributed by atoms with E-state index in [0.717, 1.165) is 5.56 Å². The molecule has 4 nitrogen and oxygen atoms in total. The van der Waals surface area contributed by atoms with Crippen LogP contribution in [0.1, 0.15) is 42.3 Å². The van der Waals surface area contributed by atoms with Crippen molar-refractivity contribution in [2.45, 2.75) is 20.8 Å². The second-order valence-electron chi connectivity index (χ2n) is 5.31. The Morgan fingerprint density at radius 2 is 1.91 bits per heavy atom. The Balaban J connectivity index is 2.42. The van der Waals surface area contributed by atoms with Gasteiger partial charge in [0, 0.05) is 11.1 Å². The molecule has 0 spiro atoms. The van der Waals surface area contributed by atoms with E-state index in [-0.39, 0.29) is 11.3 Å². The van der Waals surface area contributed by atoms with Gasteiger partial charge in [-0.1, -0.05) is 0 Å². The number of carboxylic acids is 1. The van der Waals surface area contributed by atoms with Crippen LogP contribution < -0.4 is 4.74 Å². The van der Waals surface area contributed by atoms with E-state index in [1.165, 1.54) is 24.5 Å². The fraction of sp³-hybridized carbons (Fsp3) is 0.222. The number of ketones is 1. The number of carbonyl (C=O) groups excluding carboxylic acids is 1. The number of methoxy groups -OCH3 is 1. The minimum atomic E-state index is -0.987. The number of hydrogen-bond donors (Lipinski definition) is 1. The van der Waals surface area contributed by atoms with Gasteiger partial charge in [0.1, 0.15) is 5.75 Å². The number of rotatable bonds is 5. The van der Waals surface area contributed by atoms with E-state index in [1.54, 1.807) is 26.0 Å². The van der Waals surface area contributed by atoms with Crippen molar-refractivity contribution in [1.29, 1.82) is 0 Å². The van der Waals surface area contributed by atoms with Crippen LogP contribution in [-0.4, -0.2) is 24.0 Å². The molecule has 5 heteroatoms. The summed E-state index contributed by atoms with van der Waals surface area (Å²) in [5, 5.41) is 11.2. The molecule has 2 aromatic rings. The minimum absolute atomic E-state index is 0.0808. The standard InChI is InChI=1S/C18H18O4S/c1-10-7-15(23-9-10)14(19)6-5-13-8-11(2)16(18(20)21)12(3)17(13)22-4/h5-9H,1-4H3,(H,20,21). The molecule has 0 radical (unpaired) electrons. The summed E-state index contributed by atoms with van der Waals surface area (Å²) in [5.74, 6) is -0.596. The Bertz CT molecular complexity index is 800. The molecule has 1 N–H and O–H groups in total. The molecule has 0 aliphatic rings. The Hall–Kier alpha value is -2.40. The summed E-state index contributed by atoms with van der Waals surface area (Å²) in [4.78, 5) is 24.2. The van der Waals surface area contributed by atoms with Crippen LogP contribution in [0, 0.1) is 20.8 Å². The lowest BCUT2D eigenvalue weighted by atomic mass is 9.97. The first-order valence-electron chi connectivity index (χ1n) is 7.04. The summed E-state index contributed by atoms with van der Waals surface area (Å²) in [6.45, 7) is 5.38. The smallest absolute Gasteiger partial charge is 0.336 e. The third-order valence-corrected chi connectivity index (χ3v) is 4.61. The molecule has 0 atom stereocenters. The summed E-state index contributed by atoms with van der Waals surface area (Å²) in [7, 11) is 1.49. The highest BCUT2D eigenvalue weighted by atomic mass is 32.1. The largest absolute Gasteiger partial charge is 0.496 e. The number of carbonyl (C=O) groups is 2. The van der Waals surface area contributed by atoms with Crippen molar-refractivity contribution in [3.63, 3.8) is 0 Å². The Labute approximate surface area is 139 Å². The monoisotopic (exact) mass is 330 g/mol. The van der Waals surface area contributed by atoms with Crippen LogP contribution >= 0.6 is 11.3 Å². The van der Waals surface area contributed by atoms with Crippen molar-refractivity contribution in [3.05, 3.63) is 56.3 Å². The van der Waals surface area contributed by atoms with Crippen LogP contribution in [-0.2, 0) is 0 Å². The Kier molecular flexibility index (Phi) is 5.01. The SMILES string of the molecule is COc1c(C=CC(=O)c2cc(C)cs2)cc(C)c(C(=O)O)c1C. The molecular weight excluding hydrogens is 312 g/mol. The van der Waals surface area contributed by atoms with Gasteiger partial charge in [-0.05, 0) is 61.6 Å². The van der Waals surface area contributed by atoms with E-state index >= 15 is 0 Å². The van der Waals surface area contributed by atoms with Gasteiger partial charge in [-0.15, -0.1) is 11.3 Å². The molecule has 2 rings (SSSR count). The number of hydrogen-bond acceptors (Lipinski definition) is 4. The zero-order chi connectivity index (χ0) is 17.1. The summed E-state index contributed by atoms with van der Waals surface area (Å²) in [6, 6.07) is 3.57. The molecule has 23 heavy (non-hydrogen) atoms. The number of ether oxygens (including phenoxy) is 1. The second-order valence-corrected chi connectivity index (χ2v) is 6.22. The van der Waals surface area contributed by atoms with Crippen molar-refractivity contribution in [1.82, 2.24) is 0 Å². The Morgan fingerprint density at radius 3 is 2.43 bits per heavy atom. The molecule has 120 valence electrons. The van der Waals surface area contributed by atoms with E-state index < -0.39 is 5.97 Å². The molecule has 0 unspecified atom stereocenters. The average Bonchev–Trinajstić information content (AvgIpc) is 2.90. The lowest BCUT2D eigenvalue weighted by Crippen LogP contribution is -2.06. The third-order valence-electron chi connectivity index (χ3n) is 3.55. The highest BCUT2D eigenvalue weighted by molar-refractivity contribution is 7.12. The van der Waals surface area contributed by atoms with Crippen molar-refractivity contribution >= 4 is 29.2 Å². The second kappa shape index (κ2) is 6.79. The van der Waals surface area contributed by atoms with Crippen LogP contribution in [0.25, 0.3) is 6.08 Å². The van der Waals surface area contributed by atoms with Crippen LogP contribution in [0.3, 0.4) is 0 Å². The molecule has 0 saturated heterocycles. The summed E-state index contributed by atoms with van der Waals surface area (Å²) in [5.41, 5.74) is 3.17. The number of benzene rings is 1. The highest BCUT2D eigenvalue weighted by Gasteiger charge is 2.17. The van der Waals surface area contributed by atoms with Crippen molar-refractivity contribution in [2.24, 2.45) is 0 Å². The predicted octanol–water partition coefficient (Wildman–Crippen LogP) is 4.28. The highest BCUT2D eigenvalue weighted by Crippen LogP contribution is 2.30. The fourth-order valence-electron chi connectivity index (χ4n) is 2.53. The van der Waals surface area contributed by atoms with Gasteiger partial charge in [0.25, 0.3) is 0 Å². The fourth-order valence-corrected chi connectivity index (χ4v) is 3.35. The molecule has 0 aliphatic heterocycles. The van der Waals surface area contributed by atoms with Gasteiger partial charge in [-0.25, -0.2) is 4.79 Å². The minimum Gasteiger partial charge on any atom is -0.496 e. The topological polar surface area (TPSA) is 63.6 Å². The van der Waals surface area contributed by atoms with Gasteiger partial charge in [-0.3, -0.25) is 4.79 Å². The van der Waals surface area contributed by atoms with Gasteiger partial charge in [0.05, 0.1) is 17.6 Å². The van der Waals surface area contributed by atoms with Crippen LogP contribution in [0.15, 0.2) is 23.6 Å². The summed E-state index contributed by atoms with van der Waals surface area (Å²) in [6.07, 6.45) is 3.16. The maximum absolute atomic E-state index is 12.2. The molecule has 1 aromatic carbocycles. The van der Waals surface area contributed by atoms with Crippen molar-refractivity contribution < 1.29 is 19.4 Å². The maximum atomic E-state index is 12.2. The predicted molar refractivity (Wildman–Crippen MR) is 91.8 cm³/mol. The van der Waals surface area contributed by atoms with Gasteiger partial charge >= 0.3 is 5.97 Å². The lowest BCUT2D eigenvalue weighted by molar-refractivity contribution is 0.0694. The molecule has 0 bridgehead atoms. The Morgan fingerprint density at radius 1 is 1.22 bits per heavy atom. The van der Waals surface area contributed by atoms with E-state index in [1.807, 2.05) is 18.4 Å². The number of aryl methyl sites for hydroxylation is 2. The van der Waals surface area contributed by atoms with Gasteiger partial charge < -0.3 is 9.84 Å². The number of allylic oxidation sites excluding steroid dienone is 1. The quantitative estimate of drug-likeness (QED) is 0.656. The van der Waals surface area contributed by atoms with Gasteiger partial charge in [0.15, 0.2) is 5.78 Å². The van der Waals surface area contributed by atoms with E-state index in [0.29, 0.717) is 27.3 Å². The van der Waals surface area contributed by atoms with Crippen molar-refractivity contribution in [3.8, 4) is 5.75 Å². The first-order chi connectivity index (χ1) is 10.8. The average molecular weight is 330 g/mol. The molecular formula is C18H18O4S. The zero-order valence-electron chi connectivity index (χ0n) is 13.5. The van der Waals surface area contributed by atoms with Crippen molar-refractivity contribution in [2.75, 3.05) is 7.11 Å². The zero-order valence-corrected chi connectivity index (χ0v) is 14.3. The molecule has 0 amide bonds. The molecule has 0 aliphatic carbocycles. The van der Waals surface area contributed by atoms with Crippen LogP contribution in [0.2, 0.25) is 0 Å². The van der Waals surface area contributed by atoms with Gasteiger partial charge in [0.2, 0.25) is 0 Å². The van der Waals surface area contributed by atoms with E-state index in [9.17, 15) is 14.7 Å². The van der Waals surface area contributed by atoms with Crippen LogP contribution in [0.5, 0.6) is 5.75 Å². The lowest BCUT2D eigenvalue weighted by Gasteiger charge is -2.13. The first-order valence-corrected chi connectivity index (χ1v) is 7.92. The number of aromatic carboxylic acids is 1. The molecule has 0 saturated carbocycles. The number of thiophene rings is 1. The number of carboxylic acid groups (broad SMARTS) is 1. The molecule has 1 heterocycles. The summed E-state index contributed by atoms with van der Waals surface area (Å²) < 4.78 is 5.34. The maximum Gasteiger partial charge on any atom is 0.336 e. The van der Waals surface area contributed by atoms with E-state index in [2.05, 4.69) is 0 Å². The van der Waals surface area contributed by atoms with E-state index in [4.69, 9.17) is 4.74 Å².